The van der Waals surface area contributed by atoms with Crippen LogP contribution in [0.3, 0.4) is 0 Å². The molecule has 0 spiro atoms. The van der Waals surface area contributed by atoms with Crippen LogP contribution in [0.25, 0.3) is 10.8 Å². The first-order valence-corrected chi connectivity index (χ1v) is 7.93. The molecule has 0 atom stereocenters. The molecule has 0 saturated heterocycles. The van der Waals surface area contributed by atoms with Crippen molar-refractivity contribution in [3.8, 4) is 22.3 Å². The van der Waals surface area contributed by atoms with Gasteiger partial charge in [0.2, 0.25) is 0 Å². The Morgan fingerprint density at radius 2 is 1.88 bits per heavy atom. The molecule has 7 nitrogen and oxygen atoms in total. The standard InChI is InChI=1S/C15H12ClN3O4S/c1-21-8-4-3-5-9(22-2)12(8)13(20)17-15-19-18-14(23-15)10-6-7-11(16)24-10/h3-7H,1-2H3,(H,17,19,20). The SMILES string of the molecule is COc1cccc(OC)c1C(=O)Nc1nnc(-c2ccc(Cl)s2)o1. The number of aromatic nitrogens is 2. The van der Waals surface area contributed by atoms with Gasteiger partial charge >= 0.3 is 6.01 Å². The van der Waals surface area contributed by atoms with Crippen LogP contribution in [0.5, 0.6) is 11.5 Å². The molecule has 0 aliphatic carbocycles. The van der Waals surface area contributed by atoms with E-state index in [1.807, 2.05) is 0 Å². The fraction of sp³-hybridized carbons (Fsp3) is 0.133. The molecule has 0 bridgehead atoms. The molecule has 24 heavy (non-hydrogen) atoms. The van der Waals surface area contributed by atoms with Crippen LogP contribution in [0.15, 0.2) is 34.7 Å². The van der Waals surface area contributed by atoms with Crippen molar-refractivity contribution in [2.24, 2.45) is 0 Å². The van der Waals surface area contributed by atoms with E-state index in [4.69, 9.17) is 25.5 Å². The first-order valence-electron chi connectivity index (χ1n) is 6.74. The highest BCUT2D eigenvalue weighted by Crippen LogP contribution is 2.32. The summed E-state index contributed by atoms with van der Waals surface area (Å²) in [6, 6.07) is 8.49. The molecule has 0 radical (unpaired) electrons. The van der Waals surface area contributed by atoms with Crippen molar-refractivity contribution in [2.75, 3.05) is 19.5 Å². The molecule has 1 amide bonds. The second kappa shape index (κ2) is 6.90. The van der Waals surface area contributed by atoms with Crippen LogP contribution in [-0.4, -0.2) is 30.3 Å². The van der Waals surface area contributed by atoms with Crippen LogP contribution in [0.4, 0.5) is 6.01 Å². The van der Waals surface area contributed by atoms with Crippen molar-refractivity contribution in [2.45, 2.75) is 0 Å². The van der Waals surface area contributed by atoms with E-state index in [2.05, 4.69) is 15.5 Å². The molecule has 2 aromatic heterocycles. The highest BCUT2D eigenvalue weighted by Gasteiger charge is 2.20. The van der Waals surface area contributed by atoms with Gasteiger partial charge in [0.15, 0.2) is 0 Å². The summed E-state index contributed by atoms with van der Waals surface area (Å²) < 4.78 is 16.4. The lowest BCUT2D eigenvalue weighted by Gasteiger charge is -2.11. The van der Waals surface area contributed by atoms with Gasteiger partial charge in [0.25, 0.3) is 11.8 Å². The Morgan fingerprint density at radius 3 is 2.46 bits per heavy atom. The maximum absolute atomic E-state index is 12.5. The normalized spacial score (nSPS) is 10.5. The number of anilines is 1. The van der Waals surface area contributed by atoms with E-state index in [0.29, 0.717) is 20.7 Å². The Bertz CT molecular complexity index is 855. The average Bonchev–Trinajstić information content (AvgIpc) is 3.22. The van der Waals surface area contributed by atoms with Crippen molar-refractivity contribution in [1.82, 2.24) is 10.2 Å². The largest absolute Gasteiger partial charge is 0.496 e. The number of methoxy groups -OCH3 is 2. The molecule has 9 heteroatoms. The summed E-state index contributed by atoms with van der Waals surface area (Å²) in [5.74, 6) is 0.533. The molecule has 0 aliphatic rings. The molecule has 3 rings (SSSR count). The van der Waals surface area contributed by atoms with Gasteiger partial charge in [-0.25, -0.2) is 0 Å². The quantitative estimate of drug-likeness (QED) is 0.741. The summed E-state index contributed by atoms with van der Waals surface area (Å²) in [5.41, 5.74) is 0.237. The number of thiophene rings is 1. The van der Waals surface area contributed by atoms with Crippen LogP contribution >= 0.6 is 22.9 Å². The summed E-state index contributed by atoms with van der Waals surface area (Å²) in [5, 5.41) is 10.2. The van der Waals surface area contributed by atoms with E-state index in [-0.39, 0.29) is 17.5 Å². The highest BCUT2D eigenvalue weighted by atomic mass is 35.5. The van der Waals surface area contributed by atoms with Crippen molar-refractivity contribution >= 4 is 34.9 Å². The number of hydrogen-bond acceptors (Lipinski definition) is 7. The number of benzene rings is 1. The zero-order chi connectivity index (χ0) is 17.1. The number of carbonyl (C=O) groups is 1. The number of hydrogen-bond donors (Lipinski definition) is 1. The molecule has 3 aromatic rings. The molecule has 0 unspecified atom stereocenters. The zero-order valence-electron chi connectivity index (χ0n) is 12.7. The molecule has 0 fully saturated rings. The van der Waals surface area contributed by atoms with Crippen molar-refractivity contribution < 1.29 is 18.7 Å². The predicted octanol–water partition coefficient (Wildman–Crippen LogP) is 3.72. The van der Waals surface area contributed by atoms with Gasteiger partial charge in [-0.1, -0.05) is 22.8 Å². The molecular formula is C15H12ClN3O4S. The Kier molecular flexibility index (Phi) is 4.68. The van der Waals surface area contributed by atoms with Gasteiger partial charge in [-0.2, -0.15) is 0 Å². The molecular weight excluding hydrogens is 354 g/mol. The summed E-state index contributed by atoms with van der Waals surface area (Å²) in [6.45, 7) is 0. The number of halogens is 1. The number of nitrogens with one attached hydrogen (secondary N) is 1. The van der Waals surface area contributed by atoms with Crippen molar-refractivity contribution in [1.29, 1.82) is 0 Å². The van der Waals surface area contributed by atoms with Crippen LogP contribution in [0.2, 0.25) is 4.34 Å². The topological polar surface area (TPSA) is 86.5 Å². The minimum absolute atomic E-state index is 0.0347. The molecule has 124 valence electrons. The summed E-state index contributed by atoms with van der Waals surface area (Å²) in [6.07, 6.45) is 0. The lowest BCUT2D eigenvalue weighted by Crippen LogP contribution is -2.14. The van der Waals surface area contributed by atoms with Gasteiger partial charge in [0.1, 0.15) is 17.1 Å². The molecule has 1 N–H and O–H groups in total. The third-order valence-electron chi connectivity index (χ3n) is 3.08. The summed E-state index contributed by atoms with van der Waals surface area (Å²) in [7, 11) is 2.94. The minimum atomic E-state index is -0.483. The number of nitrogens with zero attached hydrogens (tertiary/aromatic N) is 2. The fourth-order valence-corrected chi connectivity index (χ4v) is 3.00. The van der Waals surface area contributed by atoms with E-state index in [9.17, 15) is 4.79 Å². The molecule has 1 aromatic carbocycles. The maximum Gasteiger partial charge on any atom is 0.322 e. The predicted molar refractivity (Wildman–Crippen MR) is 90.1 cm³/mol. The average molecular weight is 366 g/mol. The second-order valence-corrected chi connectivity index (χ2v) is 6.22. The summed E-state index contributed by atoms with van der Waals surface area (Å²) in [4.78, 5) is 13.2. The highest BCUT2D eigenvalue weighted by molar-refractivity contribution is 7.19. The lowest BCUT2D eigenvalue weighted by molar-refractivity contribution is 0.101. The first kappa shape index (κ1) is 16.3. The van der Waals surface area contributed by atoms with Gasteiger partial charge < -0.3 is 13.9 Å². The number of carbonyl (C=O) groups excluding carboxylic acids is 1. The third kappa shape index (κ3) is 3.19. The lowest BCUT2D eigenvalue weighted by atomic mass is 10.1. The van der Waals surface area contributed by atoms with E-state index < -0.39 is 5.91 Å². The summed E-state index contributed by atoms with van der Waals surface area (Å²) >= 11 is 7.18. The fourth-order valence-electron chi connectivity index (χ4n) is 2.04. The smallest absolute Gasteiger partial charge is 0.322 e. The van der Waals surface area contributed by atoms with Crippen LogP contribution in [-0.2, 0) is 0 Å². The van der Waals surface area contributed by atoms with Gasteiger partial charge in [0.05, 0.1) is 23.4 Å². The van der Waals surface area contributed by atoms with Crippen LogP contribution in [0, 0.1) is 0 Å². The van der Waals surface area contributed by atoms with E-state index in [1.165, 1.54) is 25.6 Å². The van der Waals surface area contributed by atoms with Gasteiger partial charge in [-0.05, 0) is 24.3 Å². The van der Waals surface area contributed by atoms with E-state index >= 15 is 0 Å². The second-order valence-electron chi connectivity index (χ2n) is 4.51. The maximum atomic E-state index is 12.5. The Hall–Kier alpha value is -2.58. The van der Waals surface area contributed by atoms with Gasteiger partial charge in [0, 0.05) is 0 Å². The van der Waals surface area contributed by atoms with Crippen molar-refractivity contribution in [3.63, 3.8) is 0 Å². The third-order valence-corrected chi connectivity index (χ3v) is 4.30. The Balaban J connectivity index is 1.85. The zero-order valence-corrected chi connectivity index (χ0v) is 14.3. The minimum Gasteiger partial charge on any atom is -0.496 e. The van der Waals surface area contributed by atoms with Crippen molar-refractivity contribution in [3.05, 3.63) is 40.2 Å². The van der Waals surface area contributed by atoms with Gasteiger partial charge in [-0.15, -0.1) is 16.4 Å². The van der Waals surface area contributed by atoms with E-state index in [1.54, 1.807) is 30.3 Å². The van der Waals surface area contributed by atoms with E-state index in [0.717, 1.165) is 0 Å². The first-order chi connectivity index (χ1) is 11.6. The van der Waals surface area contributed by atoms with Gasteiger partial charge in [-0.3, -0.25) is 10.1 Å². The number of ether oxygens (including phenoxy) is 2. The molecule has 2 heterocycles. The van der Waals surface area contributed by atoms with Crippen LogP contribution < -0.4 is 14.8 Å². The molecule has 0 saturated carbocycles. The molecule has 0 aliphatic heterocycles. The Labute approximate surface area is 146 Å². The number of rotatable bonds is 5. The van der Waals surface area contributed by atoms with Crippen LogP contribution in [0.1, 0.15) is 10.4 Å². The number of amides is 1. The Morgan fingerprint density at radius 1 is 1.17 bits per heavy atom. The monoisotopic (exact) mass is 365 g/mol.